The predicted molar refractivity (Wildman–Crippen MR) is 99.9 cm³/mol. The van der Waals surface area contributed by atoms with E-state index in [0.717, 1.165) is 11.8 Å². The first kappa shape index (κ1) is 17.6. The smallest absolute Gasteiger partial charge is 0.340 e. The Hall–Kier alpha value is -3.21. The van der Waals surface area contributed by atoms with Crippen LogP contribution in [0.25, 0.3) is 10.9 Å². The van der Waals surface area contributed by atoms with Crippen LogP contribution in [0.2, 0.25) is 0 Å². The average molecular weight is 348 g/mol. The molecule has 1 N–H and O–H groups in total. The molecule has 0 aliphatic heterocycles. The van der Waals surface area contributed by atoms with Gasteiger partial charge in [-0.3, -0.25) is 9.78 Å². The van der Waals surface area contributed by atoms with Crippen molar-refractivity contribution in [2.75, 3.05) is 13.2 Å². The fourth-order valence-electron chi connectivity index (χ4n) is 2.76. The fourth-order valence-corrected chi connectivity index (χ4v) is 2.76. The van der Waals surface area contributed by atoms with Crippen LogP contribution in [0.4, 0.5) is 0 Å². The summed E-state index contributed by atoms with van der Waals surface area (Å²) in [6.45, 7) is 2.23. The molecular formula is C21H20N2O3. The minimum absolute atomic E-state index is 0.310. The molecule has 5 heteroatoms. The number of pyridine rings is 1. The zero-order valence-electron chi connectivity index (χ0n) is 14.6. The molecule has 26 heavy (non-hydrogen) atoms. The number of nitrogens with one attached hydrogen (secondary N) is 1. The molecule has 0 fully saturated rings. The highest BCUT2D eigenvalue weighted by molar-refractivity contribution is 6.03. The molecule has 0 saturated carbocycles. The quantitative estimate of drug-likeness (QED) is 0.695. The van der Waals surface area contributed by atoms with Crippen LogP contribution in [-0.4, -0.2) is 30.0 Å². The number of esters is 1. The second-order valence-electron chi connectivity index (χ2n) is 5.98. The number of ether oxygens (including phenoxy) is 1. The number of aromatic nitrogens is 1. The Kier molecular flexibility index (Phi) is 5.59. The molecular weight excluding hydrogens is 328 g/mol. The van der Waals surface area contributed by atoms with E-state index in [1.165, 1.54) is 11.1 Å². The first-order valence-corrected chi connectivity index (χ1v) is 8.47. The number of nitrogens with zero attached hydrogens (tertiary/aromatic N) is 1. The van der Waals surface area contributed by atoms with Gasteiger partial charge in [0.1, 0.15) is 0 Å². The Labute approximate surface area is 152 Å². The second kappa shape index (κ2) is 8.25. The molecule has 0 saturated heterocycles. The van der Waals surface area contributed by atoms with Crippen molar-refractivity contribution in [3.05, 3.63) is 77.5 Å². The van der Waals surface area contributed by atoms with Gasteiger partial charge >= 0.3 is 5.97 Å². The number of hydrogen-bond acceptors (Lipinski definition) is 4. The minimum atomic E-state index is -0.552. The number of aryl methyl sites for hydroxylation is 1. The topological polar surface area (TPSA) is 68.3 Å². The predicted octanol–water partition coefficient (Wildman–Crippen LogP) is 3.06. The molecule has 3 aromatic rings. The van der Waals surface area contributed by atoms with Crippen LogP contribution in [0.1, 0.15) is 21.5 Å². The molecule has 5 nitrogen and oxygen atoms in total. The third-order valence-corrected chi connectivity index (χ3v) is 4.16. The van der Waals surface area contributed by atoms with Gasteiger partial charge in [-0.1, -0.05) is 42.5 Å². The first-order chi connectivity index (χ1) is 12.6. The number of hydrogen-bond donors (Lipinski definition) is 1. The Morgan fingerprint density at radius 3 is 2.69 bits per heavy atom. The summed E-state index contributed by atoms with van der Waals surface area (Å²) in [7, 11) is 0. The Morgan fingerprint density at radius 1 is 1.04 bits per heavy atom. The third kappa shape index (κ3) is 4.25. The van der Waals surface area contributed by atoms with Crippen molar-refractivity contribution in [3.63, 3.8) is 0 Å². The highest BCUT2D eigenvalue weighted by Gasteiger charge is 2.14. The van der Waals surface area contributed by atoms with E-state index in [1.54, 1.807) is 24.4 Å². The summed E-state index contributed by atoms with van der Waals surface area (Å²) in [6, 6.07) is 17.0. The van der Waals surface area contributed by atoms with Crippen LogP contribution < -0.4 is 5.32 Å². The average Bonchev–Trinajstić information content (AvgIpc) is 2.67. The van der Waals surface area contributed by atoms with Crippen molar-refractivity contribution < 1.29 is 14.3 Å². The van der Waals surface area contributed by atoms with Crippen LogP contribution in [0.5, 0.6) is 0 Å². The molecule has 0 atom stereocenters. The number of para-hydroxylation sites is 1. The lowest BCUT2D eigenvalue weighted by molar-refractivity contribution is -0.124. The van der Waals surface area contributed by atoms with E-state index in [0.29, 0.717) is 17.6 Å². The normalized spacial score (nSPS) is 10.5. The van der Waals surface area contributed by atoms with Crippen molar-refractivity contribution in [1.29, 1.82) is 0 Å². The Balaban J connectivity index is 1.51. The van der Waals surface area contributed by atoms with Crippen molar-refractivity contribution in [2.24, 2.45) is 0 Å². The van der Waals surface area contributed by atoms with Gasteiger partial charge in [0.2, 0.25) is 0 Å². The van der Waals surface area contributed by atoms with Crippen LogP contribution in [-0.2, 0) is 16.0 Å². The number of benzene rings is 2. The van der Waals surface area contributed by atoms with Gasteiger partial charge in [0.05, 0.1) is 11.1 Å². The zero-order valence-corrected chi connectivity index (χ0v) is 14.6. The summed E-state index contributed by atoms with van der Waals surface area (Å²) in [5.41, 5.74) is 3.30. The summed E-state index contributed by atoms with van der Waals surface area (Å²) >= 11 is 0. The van der Waals surface area contributed by atoms with Gasteiger partial charge in [0.15, 0.2) is 6.61 Å². The van der Waals surface area contributed by atoms with Gasteiger partial charge in [-0.05, 0) is 36.6 Å². The molecule has 0 bridgehead atoms. The molecule has 132 valence electrons. The van der Waals surface area contributed by atoms with Gasteiger partial charge in [0, 0.05) is 18.1 Å². The molecule has 0 aliphatic carbocycles. The van der Waals surface area contributed by atoms with Crippen LogP contribution in [0.15, 0.2) is 60.8 Å². The summed E-state index contributed by atoms with van der Waals surface area (Å²) in [4.78, 5) is 28.4. The molecule has 0 unspecified atom stereocenters. The van der Waals surface area contributed by atoms with Gasteiger partial charge in [-0.2, -0.15) is 0 Å². The van der Waals surface area contributed by atoms with Gasteiger partial charge < -0.3 is 10.1 Å². The monoisotopic (exact) mass is 348 g/mol. The maximum absolute atomic E-state index is 12.3. The van der Waals surface area contributed by atoms with E-state index in [4.69, 9.17) is 4.74 Å². The lowest BCUT2D eigenvalue weighted by atomic mass is 10.1. The van der Waals surface area contributed by atoms with Gasteiger partial charge in [-0.25, -0.2) is 4.79 Å². The molecule has 1 heterocycles. The lowest BCUT2D eigenvalue weighted by Gasteiger charge is -2.09. The minimum Gasteiger partial charge on any atom is -0.452 e. The summed E-state index contributed by atoms with van der Waals surface area (Å²) in [5.74, 6) is -0.872. The van der Waals surface area contributed by atoms with E-state index in [2.05, 4.69) is 10.3 Å². The summed E-state index contributed by atoms with van der Waals surface area (Å²) in [6.07, 6.45) is 2.36. The van der Waals surface area contributed by atoms with Crippen molar-refractivity contribution in [2.45, 2.75) is 13.3 Å². The molecule has 0 aliphatic rings. The van der Waals surface area contributed by atoms with E-state index in [9.17, 15) is 9.59 Å². The maximum Gasteiger partial charge on any atom is 0.340 e. The van der Waals surface area contributed by atoms with Crippen LogP contribution in [0, 0.1) is 6.92 Å². The van der Waals surface area contributed by atoms with E-state index in [-0.39, 0.29) is 12.5 Å². The third-order valence-electron chi connectivity index (χ3n) is 4.16. The highest BCUT2D eigenvalue weighted by Crippen LogP contribution is 2.16. The van der Waals surface area contributed by atoms with Crippen molar-refractivity contribution in [1.82, 2.24) is 10.3 Å². The largest absolute Gasteiger partial charge is 0.452 e. The number of fused-ring (bicyclic) bond motifs is 1. The second-order valence-corrected chi connectivity index (χ2v) is 5.98. The molecule has 2 aromatic carbocycles. The Bertz CT molecular complexity index is 932. The summed E-state index contributed by atoms with van der Waals surface area (Å²) in [5, 5.41) is 3.62. The highest BCUT2D eigenvalue weighted by atomic mass is 16.5. The SMILES string of the molecule is Cc1ccccc1CCNC(=O)COC(=O)c1cccc2cccnc12. The van der Waals surface area contributed by atoms with E-state index >= 15 is 0 Å². The fraction of sp³-hybridized carbons (Fsp3) is 0.190. The number of amides is 1. The van der Waals surface area contributed by atoms with Crippen molar-refractivity contribution >= 4 is 22.8 Å². The van der Waals surface area contributed by atoms with Crippen LogP contribution in [0.3, 0.4) is 0 Å². The zero-order chi connectivity index (χ0) is 18.4. The van der Waals surface area contributed by atoms with Gasteiger partial charge in [-0.15, -0.1) is 0 Å². The standard InChI is InChI=1S/C21H20N2O3/c1-15-6-2-3-7-16(15)11-13-22-19(24)14-26-21(25)18-10-4-8-17-9-5-12-23-20(17)18/h2-10,12H,11,13-14H2,1H3,(H,22,24). The summed E-state index contributed by atoms with van der Waals surface area (Å²) < 4.78 is 5.13. The molecule has 0 radical (unpaired) electrons. The van der Waals surface area contributed by atoms with Crippen LogP contribution >= 0.6 is 0 Å². The molecule has 1 amide bonds. The maximum atomic E-state index is 12.3. The lowest BCUT2D eigenvalue weighted by Crippen LogP contribution is -2.30. The van der Waals surface area contributed by atoms with Gasteiger partial charge in [0.25, 0.3) is 5.91 Å². The number of carbonyl (C=O) groups excluding carboxylic acids is 2. The number of rotatable bonds is 6. The molecule has 0 spiro atoms. The van der Waals surface area contributed by atoms with E-state index < -0.39 is 5.97 Å². The molecule has 1 aromatic heterocycles. The Morgan fingerprint density at radius 2 is 1.85 bits per heavy atom. The van der Waals surface area contributed by atoms with Crippen molar-refractivity contribution in [3.8, 4) is 0 Å². The first-order valence-electron chi connectivity index (χ1n) is 8.47. The molecule has 3 rings (SSSR count). The number of carbonyl (C=O) groups is 2. The van der Waals surface area contributed by atoms with E-state index in [1.807, 2.05) is 43.3 Å².